The van der Waals surface area contributed by atoms with E-state index < -0.39 is 0 Å². The SMILES string of the molecule is NOCC1CCCCN1Cc1ccco1. The molecule has 1 aromatic rings. The van der Waals surface area contributed by atoms with Crippen LogP contribution in [0.15, 0.2) is 22.8 Å². The van der Waals surface area contributed by atoms with Gasteiger partial charge < -0.3 is 9.25 Å². The molecule has 1 saturated heterocycles. The Hall–Kier alpha value is -0.840. The highest BCUT2D eigenvalue weighted by molar-refractivity contribution is 4.98. The van der Waals surface area contributed by atoms with E-state index in [2.05, 4.69) is 4.90 Å². The molecule has 4 nitrogen and oxygen atoms in total. The van der Waals surface area contributed by atoms with Gasteiger partial charge in [-0.1, -0.05) is 6.42 Å². The summed E-state index contributed by atoms with van der Waals surface area (Å²) in [6, 6.07) is 4.37. The maximum absolute atomic E-state index is 5.35. The number of nitrogens with two attached hydrogens (primary N) is 1. The van der Waals surface area contributed by atoms with E-state index in [4.69, 9.17) is 15.2 Å². The van der Waals surface area contributed by atoms with Gasteiger partial charge in [0.15, 0.2) is 0 Å². The molecule has 0 amide bonds. The Balaban J connectivity index is 1.92. The van der Waals surface area contributed by atoms with Crippen LogP contribution in [0.4, 0.5) is 0 Å². The first-order valence-electron chi connectivity index (χ1n) is 5.48. The largest absolute Gasteiger partial charge is 0.468 e. The molecule has 84 valence electrons. The molecular formula is C11H18N2O2. The van der Waals surface area contributed by atoms with Gasteiger partial charge in [-0.05, 0) is 31.5 Å². The summed E-state index contributed by atoms with van der Waals surface area (Å²) in [5.41, 5.74) is 0. The third-order valence-electron chi connectivity index (χ3n) is 2.98. The van der Waals surface area contributed by atoms with E-state index in [0.29, 0.717) is 12.6 Å². The minimum absolute atomic E-state index is 0.439. The maximum Gasteiger partial charge on any atom is 0.117 e. The smallest absolute Gasteiger partial charge is 0.117 e. The fourth-order valence-corrected chi connectivity index (χ4v) is 2.17. The molecule has 2 heterocycles. The lowest BCUT2D eigenvalue weighted by molar-refractivity contribution is 0.0329. The first-order chi connectivity index (χ1) is 7.40. The van der Waals surface area contributed by atoms with Crippen LogP contribution in [0.5, 0.6) is 0 Å². The van der Waals surface area contributed by atoms with Crippen molar-refractivity contribution in [1.82, 2.24) is 4.90 Å². The van der Waals surface area contributed by atoms with Crippen molar-refractivity contribution in [3.63, 3.8) is 0 Å². The van der Waals surface area contributed by atoms with Crippen molar-refractivity contribution in [3.8, 4) is 0 Å². The maximum atomic E-state index is 5.35. The average molecular weight is 210 g/mol. The lowest BCUT2D eigenvalue weighted by Crippen LogP contribution is -2.42. The lowest BCUT2D eigenvalue weighted by atomic mass is 10.0. The number of likely N-dealkylation sites (tertiary alicyclic amines) is 1. The van der Waals surface area contributed by atoms with Crippen LogP contribution in [0.3, 0.4) is 0 Å². The number of hydrogen-bond acceptors (Lipinski definition) is 4. The molecule has 1 aliphatic heterocycles. The first-order valence-corrected chi connectivity index (χ1v) is 5.48. The number of furan rings is 1. The zero-order valence-electron chi connectivity index (χ0n) is 8.89. The molecule has 0 aromatic carbocycles. The van der Waals surface area contributed by atoms with E-state index in [1.807, 2.05) is 12.1 Å². The predicted octanol–water partition coefficient (Wildman–Crippen LogP) is 1.52. The van der Waals surface area contributed by atoms with Crippen molar-refractivity contribution >= 4 is 0 Å². The van der Waals surface area contributed by atoms with Gasteiger partial charge in [0.2, 0.25) is 0 Å². The fraction of sp³-hybridized carbons (Fsp3) is 0.636. The topological polar surface area (TPSA) is 51.6 Å². The minimum Gasteiger partial charge on any atom is -0.468 e. The zero-order valence-corrected chi connectivity index (χ0v) is 8.89. The van der Waals surface area contributed by atoms with Gasteiger partial charge in [0, 0.05) is 6.04 Å². The highest BCUT2D eigenvalue weighted by Crippen LogP contribution is 2.19. The van der Waals surface area contributed by atoms with Crippen LogP contribution in [-0.4, -0.2) is 24.1 Å². The molecule has 2 rings (SSSR count). The summed E-state index contributed by atoms with van der Waals surface area (Å²) in [4.78, 5) is 7.14. The van der Waals surface area contributed by atoms with Crippen LogP contribution in [0.2, 0.25) is 0 Å². The summed E-state index contributed by atoms with van der Waals surface area (Å²) in [5, 5.41) is 0. The van der Waals surface area contributed by atoms with E-state index in [9.17, 15) is 0 Å². The van der Waals surface area contributed by atoms with Gasteiger partial charge in [0.25, 0.3) is 0 Å². The molecule has 1 fully saturated rings. The van der Waals surface area contributed by atoms with Crippen molar-refractivity contribution < 1.29 is 9.25 Å². The molecule has 0 saturated carbocycles. The number of rotatable bonds is 4. The quantitative estimate of drug-likeness (QED) is 0.766. The molecule has 0 aliphatic carbocycles. The summed E-state index contributed by atoms with van der Waals surface area (Å²) < 4.78 is 5.35. The van der Waals surface area contributed by atoms with Crippen molar-refractivity contribution in [2.75, 3.05) is 13.2 Å². The second kappa shape index (κ2) is 5.30. The Bertz CT molecular complexity index is 272. The molecule has 1 atom stereocenters. The van der Waals surface area contributed by atoms with Crippen LogP contribution in [-0.2, 0) is 11.4 Å². The standard InChI is InChI=1S/C11H18N2O2/c12-15-9-10-4-1-2-6-13(10)8-11-5-3-7-14-11/h3,5,7,10H,1-2,4,6,8-9,12H2. The zero-order chi connectivity index (χ0) is 10.5. The number of piperidine rings is 1. The third-order valence-corrected chi connectivity index (χ3v) is 2.98. The molecule has 4 heteroatoms. The predicted molar refractivity (Wildman–Crippen MR) is 56.9 cm³/mol. The summed E-state index contributed by atoms with van der Waals surface area (Å²) in [6.07, 6.45) is 5.40. The van der Waals surface area contributed by atoms with Gasteiger partial charge >= 0.3 is 0 Å². The van der Waals surface area contributed by atoms with E-state index in [-0.39, 0.29) is 0 Å². The van der Waals surface area contributed by atoms with Crippen LogP contribution in [0, 0.1) is 0 Å². The van der Waals surface area contributed by atoms with Gasteiger partial charge in [-0.3, -0.25) is 4.90 Å². The molecule has 15 heavy (non-hydrogen) atoms. The monoisotopic (exact) mass is 210 g/mol. The number of hydrogen-bond donors (Lipinski definition) is 1. The average Bonchev–Trinajstić information content (AvgIpc) is 2.74. The van der Waals surface area contributed by atoms with E-state index in [0.717, 1.165) is 25.3 Å². The number of nitrogens with zero attached hydrogens (tertiary/aromatic N) is 1. The molecule has 0 bridgehead atoms. The lowest BCUT2D eigenvalue weighted by Gasteiger charge is -2.34. The minimum atomic E-state index is 0.439. The molecule has 0 spiro atoms. The molecule has 0 radical (unpaired) electrons. The summed E-state index contributed by atoms with van der Waals surface area (Å²) in [6.45, 7) is 2.58. The van der Waals surface area contributed by atoms with Gasteiger partial charge in [0.1, 0.15) is 5.76 Å². The highest BCUT2D eigenvalue weighted by atomic mass is 16.6. The summed E-state index contributed by atoms with van der Waals surface area (Å²) >= 11 is 0. The van der Waals surface area contributed by atoms with Crippen LogP contribution in [0.1, 0.15) is 25.0 Å². The molecular weight excluding hydrogens is 192 g/mol. The highest BCUT2D eigenvalue weighted by Gasteiger charge is 2.22. The van der Waals surface area contributed by atoms with Crippen molar-refractivity contribution in [2.24, 2.45) is 5.90 Å². The molecule has 1 unspecified atom stereocenters. The van der Waals surface area contributed by atoms with Crippen LogP contribution < -0.4 is 5.90 Å². The Morgan fingerprint density at radius 1 is 1.53 bits per heavy atom. The fourth-order valence-electron chi connectivity index (χ4n) is 2.17. The van der Waals surface area contributed by atoms with Gasteiger partial charge in [-0.25, -0.2) is 5.90 Å². The summed E-state index contributed by atoms with van der Waals surface area (Å²) in [7, 11) is 0. The van der Waals surface area contributed by atoms with Gasteiger partial charge in [-0.15, -0.1) is 0 Å². The van der Waals surface area contributed by atoms with Gasteiger partial charge in [0.05, 0.1) is 19.4 Å². The van der Waals surface area contributed by atoms with Crippen molar-refractivity contribution in [3.05, 3.63) is 24.2 Å². The van der Waals surface area contributed by atoms with Crippen molar-refractivity contribution in [1.29, 1.82) is 0 Å². The molecule has 2 N–H and O–H groups in total. The second-order valence-corrected chi connectivity index (χ2v) is 4.03. The Morgan fingerprint density at radius 3 is 3.20 bits per heavy atom. The third kappa shape index (κ3) is 2.81. The van der Waals surface area contributed by atoms with Gasteiger partial charge in [-0.2, -0.15) is 0 Å². The Morgan fingerprint density at radius 2 is 2.47 bits per heavy atom. The van der Waals surface area contributed by atoms with Crippen molar-refractivity contribution in [2.45, 2.75) is 31.8 Å². The summed E-state index contributed by atoms with van der Waals surface area (Å²) in [5.74, 6) is 6.16. The Kier molecular flexibility index (Phi) is 3.77. The van der Waals surface area contributed by atoms with E-state index in [1.165, 1.54) is 12.8 Å². The molecule has 1 aromatic heterocycles. The van der Waals surface area contributed by atoms with E-state index in [1.54, 1.807) is 6.26 Å². The Labute approximate surface area is 89.9 Å². The van der Waals surface area contributed by atoms with Crippen LogP contribution in [0.25, 0.3) is 0 Å². The van der Waals surface area contributed by atoms with Crippen LogP contribution >= 0.6 is 0 Å². The second-order valence-electron chi connectivity index (χ2n) is 4.03. The first kappa shape index (κ1) is 10.7. The normalized spacial score (nSPS) is 23.1. The molecule has 1 aliphatic rings. The van der Waals surface area contributed by atoms with E-state index >= 15 is 0 Å².